The van der Waals surface area contributed by atoms with Crippen LogP contribution in [-0.4, -0.2) is 43.3 Å². The smallest absolute Gasteiger partial charge is 0.0484 e. The highest BCUT2D eigenvalue weighted by Gasteiger charge is 2.38. The van der Waals surface area contributed by atoms with E-state index in [1.165, 1.54) is 56.3 Å². The predicted molar refractivity (Wildman–Crippen MR) is 91.1 cm³/mol. The second-order valence-electron chi connectivity index (χ2n) is 6.91. The van der Waals surface area contributed by atoms with Crippen molar-refractivity contribution in [3.05, 3.63) is 35.4 Å². The van der Waals surface area contributed by atoms with Crippen molar-refractivity contribution in [1.82, 2.24) is 10.2 Å². The first-order valence-corrected chi connectivity index (χ1v) is 8.88. The van der Waals surface area contributed by atoms with E-state index < -0.39 is 0 Å². The third-order valence-corrected chi connectivity index (χ3v) is 5.48. The predicted octanol–water partition coefficient (Wildman–Crippen LogP) is 3.12. The lowest BCUT2D eigenvalue weighted by molar-refractivity contribution is -0.0358. The first-order chi connectivity index (χ1) is 10.8. The Morgan fingerprint density at radius 2 is 1.82 bits per heavy atom. The molecule has 2 saturated heterocycles. The van der Waals surface area contributed by atoms with Gasteiger partial charge in [0.15, 0.2) is 0 Å². The highest BCUT2D eigenvalue weighted by atomic mass is 16.5. The van der Waals surface area contributed by atoms with Crippen LogP contribution in [0.1, 0.15) is 43.2 Å². The number of likely N-dealkylation sites (tertiary alicyclic amines) is 1. The number of piperidine rings is 1. The molecule has 2 heterocycles. The van der Waals surface area contributed by atoms with Crippen LogP contribution in [0.2, 0.25) is 0 Å². The van der Waals surface area contributed by atoms with E-state index in [2.05, 4.69) is 41.4 Å². The Morgan fingerprint density at radius 1 is 1.09 bits per heavy atom. The van der Waals surface area contributed by atoms with E-state index in [9.17, 15) is 0 Å². The lowest BCUT2D eigenvalue weighted by atomic mass is 9.86. The average molecular weight is 302 g/mol. The van der Waals surface area contributed by atoms with Crippen molar-refractivity contribution < 1.29 is 4.74 Å². The van der Waals surface area contributed by atoms with Gasteiger partial charge in [0.25, 0.3) is 0 Å². The van der Waals surface area contributed by atoms with Crippen LogP contribution in [0, 0.1) is 6.92 Å². The molecule has 3 nitrogen and oxygen atoms in total. The molecule has 0 unspecified atom stereocenters. The number of hydrogen-bond acceptors (Lipinski definition) is 3. The first kappa shape index (κ1) is 16.0. The number of hydrogen-bond donors (Lipinski definition) is 1. The van der Waals surface area contributed by atoms with Crippen LogP contribution in [-0.2, 0) is 11.3 Å². The van der Waals surface area contributed by atoms with Crippen molar-refractivity contribution >= 4 is 0 Å². The number of rotatable bonds is 5. The number of nitrogens with one attached hydrogen (secondary N) is 1. The SMILES string of the molecule is Cc1ccccc1CNCC1(N2CCCCC2)CCOCC1. The minimum Gasteiger partial charge on any atom is -0.381 e. The Bertz CT molecular complexity index is 462. The van der Waals surface area contributed by atoms with Crippen molar-refractivity contribution in [3.63, 3.8) is 0 Å². The standard InChI is InChI=1S/C19H30N2O/c1-17-7-3-4-8-18(17)15-20-16-19(9-13-22-14-10-19)21-11-5-2-6-12-21/h3-4,7-8,20H,2,5-6,9-16H2,1H3. The van der Waals surface area contributed by atoms with Crippen molar-refractivity contribution in [2.75, 3.05) is 32.8 Å². The molecule has 0 atom stereocenters. The van der Waals surface area contributed by atoms with Crippen molar-refractivity contribution in [2.24, 2.45) is 0 Å². The van der Waals surface area contributed by atoms with Crippen LogP contribution in [0.5, 0.6) is 0 Å². The summed E-state index contributed by atoms with van der Waals surface area (Å²) in [6.07, 6.45) is 6.47. The van der Waals surface area contributed by atoms with Gasteiger partial charge in [0, 0.05) is 31.8 Å². The maximum atomic E-state index is 5.64. The minimum absolute atomic E-state index is 0.321. The highest BCUT2D eigenvalue weighted by molar-refractivity contribution is 5.25. The molecule has 2 aliphatic heterocycles. The number of aryl methyl sites for hydroxylation is 1. The molecule has 0 amide bonds. The van der Waals surface area contributed by atoms with Crippen LogP contribution in [0.3, 0.4) is 0 Å². The van der Waals surface area contributed by atoms with Gasteiger partial charge >= 0.3 is 0 Å². The molecule has 3 rings (SSSR count). The molecule has 122 valence electrons. The maximum absolute atomic E-state index is 5.64. The molecule has 0 spiro atoms. The summed E-state index contributed by atoms with van der Waals surface area (Å²) in [5.41, 5.74) is 3.12. The lowest BCUT2D eigenvalue weighted by Crippen LogP contribution is -2.59. The molecule has 1 aromatic carbocycles. The van der Waals surface area contributed by atoms with Crippen molar-refractivity contribution in [2.45, 2.75) is 51.1 Å². The van der Waals surface area contributed by atoms with Gasteiger partial charge in [0.2, 0.25) is 0 Å². The quantitative estimate of drug-likeness (QED) is 0.904. The van der Waals surface area contributed by atoms with Gasteiger partial charge in [-0.25, -0.2) is 0 Å². The topological polar surface area (TPSA) is 24.5 Å². The van der Waals surface area contributed by atoms with E-state index in [0.29, 0.717) is 5.54 Å². The Labute approximate surface area is 135 Å². The Balaban J connectivity index is 1.61. The zero-order valence-corrected chi connectivity index (χ0v) is 13.9. The summed E-state index contributed by atoms with van der Waals surface area (Å²) in [6.45, 7) is 8.64. The number of nitrogens with zero attached hydrogens (tertiary/aromatic N) is 1. The summed E-state index contributed by atoms with van der Waals surface area (Å²) >= 11 is 0. The van der Waals surface area contributed by atoms with Gasteiger partial charge in [-0.2, -0.15) is 0 Å². The second-order valence-corrected chi connectivity index (χ2v) is 6.91. The molecule has 2 fully saturated rings. The van der Waals surface area contributed by atoms with E-state index in [4.69, 9.17) is 4.74 Å². The third kappa shape index (κ3) is 3.70. The molecular formula is C19H30N2O. The fourth-order valence-corrected chi connectivity index (χ4v) is 3.96. The van der Waals surface area contributed by atoms with E-state index >= 15 is 0 Å². The summed E-state index contributed by atoms with van der Waals surface area (Å²) in [4.78, 5) is 2.75. The van der Waals surface area contributed by atoms with Gasteiger partial charge in [-0.05, 0) is 56.8 Å². The molecule has 0 radical (unpaired) electrons. The normalized spacial score (nSPS) is 22.6. The van der Waals surface area contributed by atoms with Crippen LogP contribution < -0.4 is 5.32 Å². The summed E-state index contributed by atoms with van der Waals surface area (Å²) in [7, 11) is 0. The zero-order chi connectivity index (χ0) is 15.3. The molecule has 0 aromatic heterocycles. The van der Waals surface area contributed by atoms with Gasteiger partial charge in [-0.3, -0.25) is 4.90 Å². The fourth-order valence-electron chi connectivity index (χ4n) is 3.96. The molecule has 0 bridgehead atoms. The highest BCUT2D eigenvalue weighted by Crippen LogP contribution is 2.30. The molecule has 3 heteroatoms. The van der Waals surface area contributed by atoms with Crippen LogP contribution in [0.15, 0.2) is 24.3 Å². The van der Waals surface area contributed by atoms with Gasteiger partial charge in [0.05, 0.1) is 0 Å². The first-order valence-electron chi connectivity index (χ1n) is 8.88. The molecule has 1 N–H and O–H groups in total. The van der Waals surface area contributed by atoms with Crippen LogP contribution in [0.4, 0.5) is 0 Å². The summed E-state index contributed by atoms with van der Waals surface area (Å²) < 4.78 is 5.64. The monoisotopic (exact) mass is 302 g/mol. The fraction of sp³-hybridized carbons (Fsp3) is 0.684. The average Bonchev–Trinajstić information content (AvgIpc) is 2.58. The summed E-state index contributed by atoms with van der Waals surface area (Å²) in [5, 5.41) is 3.75. The molecule has 22 heavy (non-hydrogen) atoms. The molecule has 0 aliphatic carbocycles. The molecular weight excluding hydrogens is 272 g/mol. The largest absolute Gasteiger partial charge is 0.381 e. The van der Waals surface area contributed by atoms with E-state index in [1.54, 1.807) is 0 Å². The lowest BCUT2D eigenvalue weighted by Gasteiger charge is -2.48. The van der Waals surface area contributed by atoms with Crippen molar-refractivity contribution in [1.29, 1.82) is 0 Å². The van der Waals surface area contributed by atoms with E-state index in [-0.39, 0.29) is 0 Å². The Hall–Kier alpha value is -0.900. The number of ether oxygens (including phenoxy) is 1. The molecule has 2 aliphatic rings. The van der Waals surface area contributed by atoms with E-state index in [0.717, 1.165) is 26.3 Å². The second kappa shape index (κ2) is 7.58. The third-order valence-electron chi connectivity index (χ3n) is 5.48. The van der Waals surface area contributed by atoms with E-state index in [1.807, 2.05) is 0 Å². The maximum Gasteiger partial charge on any atom is 0.0484 e. The van der Waals surface area contributed by atoms with Gasteiger partial charge in [0.1, 0.15) is 0 Å². The number of benzene rings is 1. The van der Waals surface area contributed by atoms with Crippen LogP contribution in [0.25, 0.3) is 0 Å². The van der Waals surface area contributed by atoms with Gasteiger partial charge in [-0.1, -0.05) is 30.7 Å². The summed E-state index contributed by atoms with van der Waals surface area (Å²) in [5.74, 6) is 0. The molecule has 0 saturated carbocycles. The Kier molecular flexibility index (Phi) is 5.51. The van der Waals surface area contributed by atoms with Gasteiger partial charge in [-0.15, -0.1) is 0 Å². The van der Waals surface area contributed by atoms with Gasteiger partial charge < -0.3 is 10.1 Å². The van der Waals surface area contributed by atoms with Crippen molar-refractivity contribution in [3.8, 4) is 0 Å². The minimum atomic E-state index is 0.321. The Morgan fingerprint density at radius 3 is 2.55 bits per heavy atom. The zero-order valence-electron chi connectivity index (χ0n) is 13.9. The summed E-state index contributed by atoms with van der Waals surface area (Å²) in [6, 6.07) is 8.69. The molecule has 1 aromatic rings. The van der Waals surface area contributed by atoms with Crippen LogP contribution >= 0.6 is 0 Å².